The molecule has 0 radical (unpaired) electrons. The molecular weight excluding hydrogens is 204 g/mol. The highest BCUT2D eigenvalue weighted by molar-refractivity contribution is 5.07. The van der Waals surface area contributed by atoms with E-state index in [1.54, 1.807) is 0 Å². The van der Waals surface area contributed by atoms with Gasteiger partial charge in [0.2, 0.25) is 0 Å². The molecule has 2 N–H and O–H groups in total. The van der Waals surface area contributed by atoms with Crippen molar-refractivity contribution in [3.8, 4) is 0 Å². The molecule has 90 valence electrons. The maximum atomic E-state index is 8.91. The van der Waals surface area contributed by atoms with E-state index in [0.717, 1.165) is 24.6 Å². The van der Waals surface area contributed by atoms with Gasteiger partial charge in [0.15, 0.2) is 0 Å². The van der Waals surface area contributed by atoms with Crippen LogP contribution in [0.4, 0.5) is 0 Å². The fourth-order valence-electron chi connectivity index (χ4n) is 1.56. The SMILES string of the molecule is C=CCN(CCO)Cc1ccc(CNC)o1. The van der Waals surface area contributed by atoms with E-state index in [4.69, 9.17) is 9.52 Å². The van der Waals surface area contributed by atoms with Gasteiger partial charge >= 0.3 is 0 Å². The average molecular weight is 224 g/mol. The molecule has 1 aromatic heterocycles. The van der Waals surface area contributed by atoms with Crippen LogP contribution in [0.5, 0.6) is 0 Å². The van der Waals surface area contributed by atoms with Gasteiger partial charge in [-0.1, -0.05) is 6.08 Å². The summed E-state index contributed by atoms with van der Waals surface area (Å²) < 4.78 is 5.63. The Morgan fingerprint density at radius 3 is 2.88 bits per heavy atom. The molecule has 0 aromatic carbocycles. The van der Waals surface area contributed by atoms with E-state index in [1.807, 2.05) is 25.3 Å². The monoisotopic (exact) mass is 224 g/mol. The third-order valence-corrected chi connectivity index (χ3v) is 2.25. The van der Waals surface area contributed by atoms with Crippen LogP contribution in [0.2, 0.25) is 0 Å². The van der Waals surface area contributed by atoms with Crippen LogP contribution in [0.25, 0.3) is 0 Å². The summed E-state index contributed by atoms with van der Waals surface area (Å²) in [6.07, 6.45) is 1.83. The Kier molecular flexibility index (Phi) is 5.85. The van der Waals surface area contributed by atoms with Gasteiger partial charge in [0.05, 0.1) is 19.7 Å². The van der Waals surface area contributed by atoms with Crippen LogP contribution in [0.1, 0.15) is 11.5 Å². The average Bonchev–Trinajstić information content (AvgIpc) is 2.67. The zero-order valence-electron chi connectivity index (χ0n) is 9.78. The Morgan fingerprint density at radius 2 is 2.25 bits per heavy atom. The zero-order valence-corrected chi connectivity index (χ0v) is 9.78. The number of aliphatic hydroxyl groups excluding tert-OH is 1. The Balaban J connectivity index is 2.51. The summed E-state index contributed by atoms with van der Waals surface area (Å²) >= 11 is 0. The van der Waals surface area contributed by atoms with E-state index in [2.05, 4.69) is 16.8 Å². The van der Waals surface area contributed by atoms with Crippen molar-refractivity contribution in [2.45, 2.75) is 13.1 Å². The second-order valence-corrected chi connectivity index (χ2v) is 3.65. The molecule has 0 amide bonds. The van der Waals surface area contributed by atoms with Crippen LogP contribution < -0.4 is 5.32 Å². The van der Waals surface area contributed by atoms with Crippen molar-refractivity contribution in [3.05, 3.63) is 36.3 Å². The van der Waals surface area contributed by atoms with E-state index >= 15 is 0 Å². The summed E-state index contributed by atoms with van der Waals surface area (Å²) in [5, 5.41) is 12.0. The van der Waals surface area contributed by atoms with E-state index in [0.29, 0.717) is 13.1 Å². The van der Waals surface area contributed by atoms with Crippen molar-refractivity contribution in [1.82, 2.24) is 10.2 Å². The highest BCUT2D eigenvalue weighted by Gasteiger charge is 2.07. The summed E-state index contributed by atoms with van der Waals surface area (Å²) in [7, 11) is 1.89. The predicted molar refractivity (Wildman–Crippen MR) is 64.0 cm³/mol. The number of rotatable bonds is 8. The Bertz CT molecular complexity index is 310. The van der Waals surface area contributed by atoms with E-state index in [9.17, 15) is 0 Å². The van der Waals surface area contributed by atoms with E-state index in [1.165, 1.54) is 0 Å². The molecule has 0 saturated carbocycles. The van der Waals surface area contributed by atoms with Crippen LogP contribution >= 0.6 is 0 Å². The van der Waals surface area contributed by atoms with Gasteiger partial charge < -0.3 is 14.8 Å². The number of aliphatic hydroxyl groups is 1. The van der Waals surface area contributed by atoms with Crippen molar-refractivity contribution in [3.63, 3.8) is 0 Å². The normalized spacial score (nSPS) is 10.9. The molecule has 0 aliphatic rings. The number of nitrogens with one attached hydrogen (secondary N) is 1. The molecule has 0 fully saturated rings. The third kappa shape index (κ3) is 4.18. The Morgan fingerprint density at radius 1 is 1.50 bits per heavy atom. The molecule has 1 aromatic rings. The van der Waals surface area contributed by atoms with Crippen LogP contribution in [0.15, 0.2) is 29.2 Å². The molecule has 0 saturated heterocycles. The predicted octanol–water partition coefficient (Wildman–Crippen LogP) is 0.979. The molecule has 0 aliphatic heterocycles. The van der Waals surface area contributed by atoms with E-state index in [-0.39, 0.29) is 6.61 Å². The first-order valence-electron chi connectivity index (χ1n) is 5.46. The van der Waals surface area contributed by atoms with Gasteiger partial charge in [-0.05, 0) is 19.2 Å². The maximum absolute atomic E-state index is 8.91. The summed E-state index contributed by atoms with van der Waals surface area (Å²) in [5.41, 5.74) is 0. The maximum Gasteiger partial charge on any atom is 0.118 e. The largest absolute Gasteiger partial charge is 0.463 e. The molecule has 0 aliphatic carbocycles. The molecule has 16 heavy (non-hydrogen) atoms. The fourth-order valence-corrected chi connectivity index (χ4v) is 1.56. The number of nitrogens with zero attached hydrogens (tertiary/aromatic N) is 1. The minimum Gasteiger partial charge on any atom is -0.463 e. The molecule has 0 spiro atoms. The van der Waals surface area contributed by atoms with Crippen molar-refractivity contribution in [2.75, 3.05) is 26.7 Å². The summed E-state index contributed by atoms with van der Waals surface area (Å²) in [6, 6.07) is 3.94. The summed E-state index contributed by atoms with van der Waals surface area (Å²) in [4.78, 5) is 2.08. The first kappa shape index (κ1) is 13.0. The Hall–Kier alpha value is -1.10. The number of hydrogen-bond donors (Lipinski definition) is 2. The van der Waals surface area contributed by atoms with Gasteiger partial charge in [-0.3, -0.25) is 4.90 Å². The third-order valence-electron chi connectivity index (χ3n) is 2.25. The number of furan rings is 1. The van der Waals surface area contributed by atoms with Gasteiger partial charge in [-0.2, -0.15) is 0 Å². The fraction of sp³-hybridized carbons (Fsp3) is 0.500. The smallest absolute Gasteiger partial charge is 0.118 e. The van der Waals surface area contributed by atoms with Gasteiger partial charge in [-0.15, -0.1) is 6.58 Å². The van der Waals surface area contributed by atoms with Gasteiger partial charge in [0.1, 0.15) is 11.5 Å². The summed E-state index contributed by atoms with van der Waals surface area (Å²) in [5.74, 6) is 1.85. The number of hydrogen-bond acceptors (Lipinski definition) is 4. The standard InChI is InChI=1S/C12H20N2O2/c1-3-6-14(7-8-15)10-12-5-4-11(16-12)9-13-2/h3-5,13,15H,1,6-10H2,2H3. The molecule has 1 rings (SSSR count). The topological polar surface area (TPSA) is 48.6 Å². The summed E-state index contributed by atoms with van der Waals surface area (Å²) in [6.45, 7) is 6.67. The lowest BCUT2D eigenvalue weighted by atomic mass is 10.3. The molecule has 0 atom stereocenters. The first-order chi connectivity index (χ1) is 7.80. The lowest BCUT2D eigenvalue weighted by molar-refractivity contribution is 0.193. The first-order valence-corrected chi connectivity index (χ1v) is 5.46. The van der Waals surface area contributed by atoms with Crippen LogP contribution in [-0.2, 0) is 13.1 Å². The van der Waals surface area contributed by atoms with Crippen molar-refractivity contribution >= 4 is 0 Å². The second-order valence-electron chi connectivity index (χ2n) is 3.65. The van der Waals surface area contributed by atoms with Crippen molar-refractivity contribution in [2.24, 2.45) is 0 Å². The molecule has 1 heterocycles. The second kappa shape index (κ2) is 7.22. The lowest BCUT2D eigenvalue weighted by Crippen LogP contribution is -2.26. The van der Waals surface area contributed by atoms with Gasteiger partial charge in [0.25, 0.3) is 0 Å². The van der Waals surface area contributed by atoms with Crippen molar-refractivity contribution in [1.29, 1.82) is 0 Å². The minimum absolute atomic E-state index is 0.151. The highest BCUT2D eigenvalue weighted by atomic mass is 16.3. The minimum atomic E-state index is 0.151. The van der Waals surface area contributed by atoms with Crippen molar-refractivity contribution < 1.29 is 9.52 Å². The highest BCUT2D eigenvalue weighted by Crippen LogP contribution is 2.10. The molecule has 0 bridgehead atoms. The van der Waals surface area contributed by atoms with Crippen LogP contribution in [0.3, 0.4) is 0 Å². The Labute approximate surface area is 96.6 Å². The van der Waals surface area contributed by atoms with Crippen LogP contribution in [-0.4, -0.2) is 36.8 Å². The molecule has 0 unspecified atom stereocenters. The van der Waals surface area contributed by atoms with Crippen LogP contribution in [0, 0.1) is 0 Å². The molecule has 4 heteroatoms. The molecular formula is C12H20N2O2. The molecule has 4 nitrogen and oxygen atoms in total. The zero-order chi connectivity index (χ0) is 11.8. The van der Waals surface area contributed by atoms with Gasteiger partial charge in [-0.25, -0.2) is 0 Å². The lowest BCUT2D eigenvalue weighted by Gasteiger charge is -2.17. The van der Waals surface area contributed by atoms with Gasteiger partial charge in [0, 0.05) is 13.1 Å². The quantitative estimate of drug-likeness (QED) is 0.646. The van der Waals surface area contributed by atoms with E-state index < -0.39 is 0 Å².